The van der Waals surface area contributed by atoms with Crippen molar-refractivity contribution in [1.82, 2.24) is 0 Å². The first kappa shape index (κ1) is 12.7. The summed E-state index contributed by atoms with van der Waals surface area (Å²) in [4.78, 5) is 0. The van der Waals surface area contributed by atoms with Crippen molar-refractivity contribution in [3.63, 3.8) is 0 Å². The lowest BCUT2D eigenvalue weighted by Gasteiger charge is -2.04. The van der Waals surface area contributed by atoms with Crippen molar-refractivity contribution < 1.29 is 5.11 Å². The molecule has 0 aliphatic rings. The van der Waals surface area contributed by atoms with E-state index in [1.54, 1.807) is 0 Å². The average Bonchev–Trinajstić information content (AvgIpc) is 2.04. The van der Waals surface area contributed by atoms with Gasteiger partial charge in [-0.25, -0.2) is 0 Å². The summed E-state index contributed by atoms with van der Waals surface area (Å²) in [5.74, 6) is 0.824. The lowest BCUT2D eigenvalue weighted by atomic mass is 10.0. The van der Waals surface area contributed by atoms with E-state index in [9.17, 15) is 0 Å². The number of unbranched alkanes of at least 4 members (excludes halogenated alkanes) is 1. The first-order valence-electron chi connectivity index (χ1n) is 5.43. The summed E-state index contributed by atoms with van der Waals surface area (Å²) in [6, 6.07) is 0. The minimum Gasteiger partial charge on any atom is -0.396 e. The quantitative estimate of drug-likeness (QED) is 0.474. The molecule has 0 aliphatic heterocycles. The van der Waals surface area contributed by atoms with E-state index < -0.39 is 0 Å². The van der Waals surface area contributed by atoms with Gasteiger partial charge in [0.2, 0.25) is 0 Å². The molecule has 0 rings (SSSR count). The SMILES string of the molecule is CC(=CCCCO)CCCC(C)C. The van der Waals surface area contributed by atoms with Crippen LogP contribution in [-0.4, -0.2) is 11.7 Å². The van der Waals surface area contributed by atoms with Gasteiger partial charge in [0.1, 0.15) is 0 Å². The molecule has 0 unspecified atom stereocenters. The second-order valence-corrected chi connectivity index (χ2v) is 4.20. The molecule has 0 aromatic carbocycles. The van der Waals surface area contributed by atoms with E-state index in [4.69, 9.17) is 5.11 Å². The molecule has 0 bridgehead atoms. The summed E-state index contributed by atoms with van der Waals surface area (Å²) in [6.07, 6.45) is 8.05. The molecule has 0 radical (unpaired) electrons. The van der Waals surface area contributed by atoms with E-state index in [1.165, 1.54) is 24.8 Å². The molecule has 0 aliphatic carbocycles. The van der Waals surface area contributed by atoms with Gasteiger partial charge < -0.3 is 5.11 Å². The second kappa shape index (κ2) is 8.31. The van der Waals surface area contributed by atoms with Crippen LogP contribution in [0.2, 0.25) is 0 Å². The van der Waals surface area contributed by atoms with Crippen LogP contribution in [0.15, 0.2) is 11.6 Å². The fraction of sp³-hybridized carbons (Fsp3) is 0.833. The van der Waals surface area contributed by atoms with Crippen molar-refractivity contribution in [1.29, 1.82) is 0 Å². The molecule has 0 atom stereocenters. The highest BCUT2D eigenvalue weighted by molar-refractivity contribution is 4.97. The van der Waals surface area contributed by atoms with Gasteiger partial charge >= 0.3 is 0 Å². The Labute approximate surface area is 82.9 Å². The van der Waals surface area contributed by atoms with Crippen LogP contribution in [0.3, 0.4) is 0 Å². The zero-order chi connectivity index (χ0) is 10.1. The van der Waals surface area contributed by atoms with Gasteiger partial charge in [0, 0.05) is 6.61 Å². The number of hydrogen-bond acceptors (Lipinski definition) is 1. The predicted molar refractivity (Wildman–Crippen MR) is 58.8 cm³/mol. The van der Waals surface area contributed by atoms with Gasteiger partial charge in [-0.15, -0.1) is 0 Å². The van der Waals surface area contributed by atoms with Gasteiger partial charge in [0.15, 0.2) is 0 Å². The molecule has 1 N–H and O–H groups in total. The van der Waals surface area contributed by atoms with E-state index >= 15 is 0 Å². The average molecular weight is 184 g/mol. The maximum atomic E-state index is 8.60. The smallest absolute Gasteiger partial charge is 0.0433 e. The Morgan fingerprint density at radius 3 is 2.54 bits per heavy atom. The standard InChI is InChI=1S/C12H24O/c1-11(2)7-6-9-12(3)8-4-5-10-13/h8,11,13H,4-7,9-10H2,1-3H3. The normalized spacial score (nSPS) is 12.5. The number of allylic oxidation sites excluding steroid dienone is 2. The summed E-state index contributed by atoms with van der Waals surface area (Å²) < 4.78 is 0. The Kier molecular flexibility index (Phi) is 8.11. The van der Waals surface area contributed by atoms with Crippen LogP contribution in [0.25, 0.3) is 0 Å². The van der Waals surface area contributed by atoms with Crippen LogP contribution in [0, 0.1) is 5.92 Å². The lowest BCUT2D eigenvalue weighted by molar-refractivity contribution is 0.289. The molecule has 0 amide bonds. The lowest BCUT2D eigenvalue weighted by Crippen LogP contribution is -1.88. The van der Waals surface area contributed by atoms with E-state index in [2.05, 4.69) is 26.8 Å². The molecule has 78 valence electrons. The summed E-state index contributed by atoms with van der Waals surface area (Å²) in [6.45, 7) is 7.04. The third-order valence-corrected chi connectivity index (χ3v) is 2.21. The minimum atomic E-state index is 0.315. The molecule has 0 aromatic rings. The maximum absolute atomic E-state index is 8.60. The van der Waals surface area contributed by atoms with Crippen LogP contribution in [0.4, 0.5) is 0 Å². The van der Waals surface area contributed by atoms with E-state index in [-0.39, 0.29) is 0 Å². The Bertz CT molecular complexity index is 136. The van der Waals surface area contributed by atoms with E-state index in [0.717, 1.165) is 18.8 Å². The largest absolute Gasteiger partial charge is 0.396 e. The summed E-state index contributed by atoms with van der Waals surface area (Å²) in [5, 5.41) is 8.60. The van der Waals surface area contributed by atoms with Crippen LogP contribution in [0.1, 0.15) is 52.9 Å². The van der Waals surface area contributed by atoms with Crippen LogP contribution in [0.5, 0.6) is 0 Å². The number of hydrogen-bond donors (Lipinski definition) is 1. The maximum Gasteiger partial charge on any atom is 0.0433 e. The van der Waals surface area contributed by atoms with E-state index in [0.29, 0.717) is 6.61 Å². The van der Waals surface area contributed by atoms with Gasteiger partial charge in [-0.1, -0.05) is 31.9 Å². The van der Waals surface area contributed by atoms with Crippen LogP contribution in [-0.2, 0) is 0 Å². The van der Waals surface area contributed by atoms with Crippen molar-refractivity contribution >= 4 is 0 Å². The van der Waals surface area contributed by atoms with Crippen molar-refractivity contribution in [2.24, 2.45) is 5.92 Å². The van der Waals surface area contributed by atoms with E-state index in [1.807, 2.05) is 0 Å². The van der Waals surface area contributed by atoms with Crippen LogP contribution >= 0.6 is 0 Å². The molecule has 13 heavy (non-hydrogen) atoms. The third-order valence-electron chi connectivity index (χ3n) is 2.21. The van der Waals surface area contributed by atoms with Gasteiger partial charge in [-0.05, 0) is 38.5 Å². The Hall–Kier alpha value is -0.300. The van der Waals surface area contributed by atoms with Crippen molar-refractivity contribution in [2.45, 2.75) is 52.9 Å². The molecule has 0 heterocycles. The monoisotopic (exact) mass is 184 g/mol. The van der Waals surface area contributed by atoms with Crippen molar-refractivity contribution in [2.75, 3.05) is 6.61 Å². The predicted octanol–water partition coefficient (Wildman–Crippen LogP) is 3.53. The first-order valence-corrected chi connectivity index (χ1v) is 5.43. The van der Waals surface area contributed by atoms with Crippen molar-refractivity contribution in [3.8, 4) is 0 Å². The fourth-order valence-electron chi connectivity index (χ4n) is 1.33. The van der Waals surface area contributed by atoms with Gasteiger partial charge in [0.25, 0.3) is 0 Å². The topological polar surface area (TPSA) is 20.2 Å². The van der Waals surface area contributed by atoms with Gasteiger partial charge in [-0.2, -0.15) is 0 Å². The molecule has 1 heteroatoms. The summed E-state index contributed by atoms with van der Waals surface area (Å²) in [7, 11) is 0. The van der Waals surface area contributed by atoms with Gasteiger partial charge in [0.05, 0.1) is 0 Å². The summed E-state index contributed by atoms with van der Waals surface area (Å²) in [5.41, 5.74) is 1.48. The van der Waals surface area contributed by atoms with Crippen molar-refractivity contribution in [3.05, 3.63) is 11.6 Å². The van der Waals surface area contributed by atoms with Gasteiger partial charge in [-0.3, -0.25) is 0 Å². The second-order valence-electron chi connectivity index (χ2n) is 4.20. The molecular formula is C12H24O. The fourth-order valence-corrected chi connectivity index (χ4v) is 1.33. The first-order chi connectivity index (χ1) is 6.16. The van der Waals surface area contributed by atoms with Crippen LogP contribution < -0.4 is 0 Å². The highest BCUT2D eigenvalue weighted by Gasteiger charge is 1.94. The molecule has 0 aromatic heterocycles. The number of aliphatic hydroxyl groups excluding tert-OH is 1. The Morgan fingerprint density at radius 1 is 1.31 bits per heavy atom. The zero-order valence-corrected chi connectivity index (χ0v) is 9.34. The highest BCUT2D eigenvalue weighted by atomic mass is 16.2. The Balaban J connectivity index is 3.38. The molecule has 0 fully saturated rings. The summed E-state index contributed by atoms with van der Waals surface area (Å²) >= 11 is 0. The zero-order valence-electron chi connectivity index (χ0n) is 9.34. The molecule has 0 saturated carbocycles. The molecule has 0 spiro atoms. The molecular weight excluding hydrogens is 160 g/mol. The minimum absolute atomic E-state index is 0.315. The highest BCUT2D eigenvalue weighted by Crippen LogP contribution is 2.12. The molecule has 0 saturated heterocycles. The Morgan fingerprint density at radius 2 is 2.00 bits per heavy atom. The molecule has 1 nitrogen and oxygen atoms in total. The third kappa shape index (κ3) is 9.62. The number of aliphatic hydroxyl groups is 1. The number of rotatable bonds is 7.